The second-order valence-corrected chi connectivity index (χ2v) is 5.53. The fourth-order valence-electron chi connectivity index (χ4n) is 2.31. The Morgan fingerprint density at radius 2 is 2.25 bits per heavy atom. The minimum absolute atomic E-state index is 0.167. The van der Waals surface area contributed by atoms with Gasteiger partial charge in [-0.05, 0) is 41.3 Å². The van der Waals surface area contributed by atoms with Gasteiger partial charge < -0.3 is 20.3 Å². The number of hydrogen-bond donors (Lipinski definition) is 3. The van der Waals surface area contributed by atoms with Gasteiger partial charge in [0.15, 0.2) is 11.5 Å². The zero-order valence-corrected chi connectivity index (χ0v) is 12.4. The Labute approximate surface area is 123 Å². The molecule has 0 radical (unpaired) electrons. The highest BCUT2D eigenvalue weighted by Gasteiger charge is 2.29. The van der Waals surface area contributed by atoms with Crippen molar-refractivity contribution in [1.82, 2.24) is 5.32 Å². The molecule has 5 nitrogen and oxygen atoms in total. The van der Waals surface area contributed by atoms with Crippen molar-refractivity contribution in [2.45, 2.75) is 31.4 Å². The highest BCUT2D eigenvalue weighted by atomic mass is 79.9. The lowest BCUT2D eigenvalue weighted by molar-refractivity contribution is 0.0869. The number of benzene rings is 1. The number of aliphatic hydroxyl groups is 1. The lowest BCUT2D eigenvalue weighted by Crippen LogP contribution is -2.39. The fraction of sp³-hybridized carbons (Fsp3) is 0.462. The van der Waals surface area contributed by atoms with Crippen LogP contribution in [0.2, 0.25) is 0 Å². The largest absolute Gasteiger partial charge is 0.504 e. The van der Waals surface area contributed by atoms with Crippen LogP contribution in [0, 0.1) is 5.82 Å². The number of methoxy groups -OCH3 is 1. The number of amides is 1. The molecule has 110 valence electrons. The molecule has 1 aromatic carbocycles. The maximum atomic E-state index is 13.8. The molecule has 0 heterocycles. The standard InChI is InChI=1S/C13H15BrFNO4/c1-20-12-7(14)5-6(11(18)10(12)15)13(19)16-8-3-2-4-9(8)17/h5,8-9,17-18H,2-4H2,1H3,(H,16,19)/t8-,9-/m0/s1. The van der Waals surface area contributed by atoms with E-state index in [0.29, 0.717) is 12.8 Å². The summed E-state index contributed by atoms with van der Waals surface area (Å²) in [4.78, 5) is 12.1. The Morgan fingerprint density at radius 1 is 1.55 bits per heavy atom. The van der Waals surface area contributed by atoms with Gasteiger partial charge in [0, 0.05) is 0 Å². The predicted molar refractivity (Wildman–Crippen MR) is 73.4 cm³/mol. The van der Waals surface area contributed by atoms with Gasteiger partial charge in [0.1, 0.15) is 0 Å². The van der Waals surface area contributed by atoms with Crippen molar-refractivity contribution >= 4 is 21.8 Å². The molecule has 1 saturated carbocycles. The summed E-state index contributed by atoms with van der Waals surface area (Å²) in [6, 6.07) is 0.916. The van der Waals surface area contributed by atoms with Crippen molar-refractivity contribution in [3.05, 3.63) is 21.9 Å². The number of nitrogens with one attached hydrogen (secondary N) is 1. The number of carbonyl (C=O) groups excluding carboxylic acids is 1. The van der Waals surface area contributed by atoms with Crippen molar-refractivity contribution in [3.8, 4) is 11.5 Å². The SMILES string of the molecule is COc1c(Br)cc(C(=O)N[C@H]2CCC[C@@H]2O)c(O)c1F. The van der Waals surface area contributed by atoms with Gasteiger partial charge in [-0.25, -0.2) is 0 Å². The van der Waals surface area contributed by atoms with Gasteiger partial charge in [0.25, 0.3) is 5.91 Å². The maximum absolute atomic E-state index is 13.8. The van der Waals surface area contributed by atoms with Gasteiger partial charge in [-0.1, -0.05) is 0 Å². The van der Waals surface area contributed by atoms with Crippen LogP contribution in [0.1, 0.15) is 29.6 Å². The molecule has 2 rings (SSSR count). The number of carbonyl (C=O) groups is 1. The maximum Gasteiger partial charge on any atom is 0.255 e. The summed E-state index contributed by atoms with van der Waals surface area (Å²) in [5.41, 5.74) is -0.200. The first-order valence-corrected chi connectivity index (χ1v) is 6.99. The van der Waals surface area contributed by atoms with Crippen molar-refractivity contribution in [2.24, 2.45) is 0 Å². The second-order valence-electron chi connectivity index (χ2n) is 4.68. The molecular weight excluding hydrogens is 333 g/mol. The lowest BCUT2D eigenvalue weighted by Gasteiger charge is -2.17. The summed E-state index contributed by atoms with van der Waals surface area (Å²) < 4.78 is 18.9. The summed E-state index contributed by atoms with van der Waals surface area (Å²) in [6.45, 7) is 0. The van der Waals surface area contributed by atoms with Gasteiger partial charge in [-0.15, -0.1) is 0 Å². The van der Waals surface area contributed by atoms with E-state index < -0.39 is 23.6 Å². The van der Waals surface area contributed by atoms with Crippen LogP contribution >= 0.6 is 15.9 Å². The highest BCUT2D eigenvalue weighted by Crippen LogP contribution is 2.36. The van der Waals surface area contributed by atoms with Crippen LogP contribution in [-0.4, -0.2) is 35.4 Å². The Hall–Kier alpha value is -1.34. The molecule has 1 aliphatic rings. The molecule has 1 aromatic rings. The van der Waals surface area contributed by atoms with Gasteiger partial charge in [0.05, 0.1) is 29.3 Å². The van der Waals surface area contributed by atoms with Crippen LogP contribution < -0.4 is 10.1 Å². The number of ether oxygens (including phenoxy) is 1. The van der Waals surface area contributed by atoms with Gasteiger partial charge in [-0.3, -0.25) is 4.79 Å². The Kier molecular flexibility index (Phi) is 4.49. The molecule has 2 atom stereocenters. The van der Waals surface area contributed by atoms with Crippen LogP contribution in [0.4, 0.5) is 4.39 Å². The quantitative estimate of drug-likeness (QED) is 0.780. The van der Waals surface area contributed by atoms with E-state index in [9.17, 15) is 19.4 Å². The van der Waals surface area contributed by atoms with E-state index >= 15 is 0 Å². The summed E-state index contributed by atoms with van der Waals surface area (Å²) in [6.07, 6.45) is 1.50. The number of phenolic OH excluding ortho intramolecular Hbond substituents is 1. The van der Waals surface area contributed by atoms with E-state index in [-0.39, 0.29) is 21.8 Å². The van der Waals surface area contributed by atoms with Crippen LogP contribution in [0.15, 0.2) is 10.5 Å². The molecule has 0 bridgehead atoms. The first kappa shape index (κ1) is 15.1. The number of phenols is 1. The normalized spacial score (nSPS) is 21.8. The lowest BCUT2D eigenvalue weighted by atomic mass is 10.1. The molecule has 1 amide bonds. The van der Waals surface area contributed by atoms with E-state index in [0.717, 1.165) is 6.42 Å². The first-order chi connectivity index (χ1) is 9.45. The molecule has 0 spiro atoms. The second kappa shape index (κ2) is 5.97. The highest BCUT2D eigenvalue weighted by molar-refractivity contribution is 9.10. The van der Waals surface area contributed by atoms with E-state index in [2.05, 4.69) is 21.2 Å². The molecule has 0 aromatic heterocycles. The Morgan fingerprint density at radius 3 is 2.80 bits per heavy atom. The molecule has 1 fully saturated rings. The number of aliphatic hydroxyl groups excluding tert-OH is 1. The molecule has 0 saturated heterocycles. The molecule has 20 heavy (non-hydrogen) atoms. The molecule has 0 unspecified atom stereocenters. The number of halogens is 2. The van der Waals surface area contributed by atoms with Gasteiger partial charge >= 0.3 is 0 Å². The minimum atomic E-state index is -1.00. The average molecular weight is 348 g/mol. The Balaban J connectivity index is 2.26. The number of aromatic hydroxyl groups is 1. The van der Waals surface area contributed by atoms with E-state index in [4.69, 9.17) is 4.74 Å². The van der Waals surface area contributed by atoms with Crippen LogP contribution in [0.5, 0.6) is 11.5 Å². The van der Waals surface area contributed by atoms with E-state index in [1.54, 1.807) is 0 Å². The van der Waals surface area contributed by atoms with Crippen molar-refractivity contribution in [3.63, 3.8) is 0 Å². The fourth-order valence-corrected chi connectivity index (χ4v) is 2.87. The monoisotopic (exact) mass is 347 g/mol. The third-order valence-corrected chi connectivity index (χ3v) is 3.98. The minimum Gasteiger partial charge on any atom is -0.504 e. The van der Waals surface area contributed by atoms with Gasteiger partial charge in [0.2, 0.25) is 5.82 Å². The average Bonchev–Trinajstić information content (AvgIpc) is 2.80. The molecule has 7 heteroatoms. The van der Waals surface area contributed by atoms with Crippen molar-refractivity contribution in [1.29, 1.82) is 0 Å². The summed E-state index contributed by atoms with van der Waals surface area (Å²) in [5.74, 6) is -2.57. The number of hydrogen-bond acceptors (Lipinski definition) is 4. The zero-order valence-electron chi connectivity index (χ0n) is 10.8. The van der Waals surface area contributed by atoms with Crippen LogP contribution in [0.25, 0.3) is 0 Å². The summed E-state index contributed by atoms with van der Waals surface area (Å²) in [7, 11) is 1.26. The Bertz CT molecular complexity index is 538. The topological polar surface area (TPSA) is 78.8 Å². The smallest absolute Gasteiger partial charge is 0.255 e. The first-order valence-electron chi connectivity index (χ1n) is 6.19. The molecule has 3 N–H and O–H groups in total. The van der Waals surface area contributed by atoms with Crippen molar-refractivity contribution < 1.29 is 24.1 Å². The number of rotatable bonds is 3. The van der Waals surface area contributed by atoms with Gasteiger partial charge in [-0.2, -0.15) is 4.39 Å². The molecule has 1 aliphatic carbocycles. The third kappa shape index (κ3) is 2.73. The zero-order chi connectivity index (χ0) is 14.9. The van der Waals surface area contributed by atoms with Crippen LogP contribution in [0.3, 0.4) is 0 Å². The van der Waals surface area contributed by atoms with Crippen LogP contribution in [-0.2, 0) is 0 Å². The third-order valence-electron chi connectivity index (χ3n) is 3.40. The molecule has 0 aliphatic heterocycles. The molecular formula is C13H15BrFNO4. The van der Waals surface area contributed by atoms with E-state index in [1.165, 1.54) is 13.2 Å². The van der Waals surface area contributed by atoms with E-state index in [1.807, 2.05) is 0 Å². The summed E-state index contributed by atoms with van der Waals surface area (Å²) >= 11 is 3.08. The van der Waals surface area contributed by atoms with Crippen molar-refractivity contribution in [2.75, 3.05) is 7.11 Å². The summed E-state index contributed by atoms with van der Waals surface area (Å²) in [5, 5.41) is 22.0. The predicted octanol–water partition coefficient (Wildman–Crippen LogP) is 1.95.